The highest BCUT2D eigenvalue weighted by molar-refractivity contribution is 7.99. The molecule has 0 radical (unpaired) electrons. The lowest BCUT2D eigenvalue weighted by Crippen LogP contribution is -2.04. The molecule has 0 N–H and O–H groups in total. The molecular formula is C11H16N2OS. The van der Waals surface area contributed by atoms with Crippen LogP contribution in [0.15, 0.2) is 22.7 Å². The predicted octanol–water partition coefficient (Wildman–Crippen LogP) is 2.96. The number of rotatable bonds is 3. The van der Waals surface area contributed by atoms with Crippen molar-refractivity contribution < 1.29 is 4.74 Å². The maximum Gasteiger partial charge on any atom is 0.212 e. The summed E-state index contributed by atoms with van der Waals surface area (Å²) in [5, 5.41) is 0. The highest BCUT2D eigenvalue weighted by atomic mass is 32.2. The molecule has 0 saturated carbocycles. The van der Waals surface area contributed by atoms with Gasteiger partial charge in [0.25, 0.3) is 0 Å². The number of aromatic nitrogens is 1. The van der Waals surface area contributed by atoms with Gasteiger partial charge in [-0.3, -0.25) is 0 Å². The number of hydrogen-bond acceptors (Lipinski definition) is 4. The van der Waals surface area contributed by atoms with Crippen molar-refractivity contribution in [1.29, 1.82) is 0 Å². The molecule has 0 unspecified atom stereocenters. The molecule has 0 atom stereocenters. The van der Waals surface area contributed by atoms with Gasteiger partial charge in [-0.25, -0.2) is 9.38 Å². The average Bonchev–Trinajstić information content (AvgIpc) is 2.17. The van der Waals surface area contributed by atoms with Crippen LogP contribution in [0.4, 0.5) is 0 Å². The van der Waals surface area contributed by atoms with Crippen LogP contribution in [-0.4, -0.2) is 23.1 Å². The fraction of sp³-hybridized carbons (Fsp3) is 0.455. The van der Waals surface area contributed by atoms with Gasteiger partial charge in [0.1, 0.15) is 0 Å². The Bertz CT molecular complexity index is 327. The van der Waals surface area contributed by atoms with E-state index in [4.69, 9.17) is 4.74 Å². The number of ether oxygens (including phenoxy) is 1. The Kier molecular flexibility index (Phi) is 4.15. The lowest BCUT2D eigenvalue weighted by molar-refractivity contribution is 0.398. The molecule has 1 aromatic rings. The van der Waals surface area contributed by atoms with E-state index in [0.29, 0.717) is 5.88 Å². The summed E-state index contributed by atoms with van der Waals surface area (Å²) >= 11 is 1.55. The van der Waals surface area contributed by atoms with Gasteiger partial charge < -0.3 is 4.74 Å². The first kappa shape index (κ1) is 12.0. The summed E-state index contributed by atoms with van der Waals surface area (Å²) in [6.45, 7) is 6.38. The minimum atomic E-state index is 0.149. The Morgan fingerprint density at radius 3 is 2.60 bits per heavy atom. The SMILES string of the molecule is COc1ccc(/C=N/SC(C)(C)C)cn1. The third kappa shape index (κ3) is 4.83. The Morgan fingerprint density at radius 2 is 2.13 bits per heavy atom. The van der Waals surface area contributed by atoms with Gasteiger partial charge >= 0.3 is 0 Å². The lowest BCUT2D eigenvalue weighted by atomic mass is 10.3. The summed E-state index contributed by atoms with van der Waals surface area (Å²) in [4.78, 5) is 4.09. The molecule has 15 heavy (non-hydrogen) atoms. The van der Waals surface area contributed by atoms with Gasteiger partial charge in [0.05, 0.1) is 7.11 Å². The van der Waals surface area contributed by atoms with Crippen molar-refractivity contribution in [3.05, 3.63) is 23.9 Å². The van der Waals surface area contributed by atoms with Gasteiger partial charge in [0.15, 0.2) is 0 Å². The highest BCUT2D eigenvalue weighted by Gasteiger charge is 2.08. The van der Waals surface area contributed by atoms with Crippen LogP contribution in [0.5, 0.6) is 5.88 Å². The second-order valence-corrected chi connectivity index (χ2v) is 5.69. The second kappa shape index (κ2) is 5.16. The number of hydrogen-bond donors (Lipinski definition) is 0. The van der Waals surface area contributed by atoms with E-state index < -0.39 is 0 Å². The maximum absolute atomic E-state index is 4.97. The van der Waals surface area contributed by atoms with Crippen molar-refractivity contribution in [3.63, 3.8) is 0 Å². The average molecular weight is 224 g/mol. The zero-order valence-corrected chi connectivity index (χ0v) is 10.3. The normalized spacial score (nSPS) is 12.0. The van der Waals surface area contributed by atoms with Gasteiger partial charge in [-0.2, -0.15) is 0 Å². The van der Waals surface area contributed by atoms with Crippen LogP contribution in [0.3, 0.4) is 0 Å². The second-order valence-electron chi connectivity index (χ2n) is 4.07. The van der Waals surface area contributed by atoms with Gasteiger partial charge in [0, 0.05) is 28.8 Å². The van der Waals surface area contributed by atoms with Crippen molar-refractivity contribution in [3.8, 4) is 5.88 Å². The summed E-state index contributed by atoms with van der Waals surface area (Å²) in [7, 11) is 1.60. The Labute approximate surface area is 95.1 Å². The van der Waals surface area contributed by atoms with E-state index in [2.05, 4.69) is 30.2 Å². The molecule has 3 nitrogen and oxygen atoms in total. The summed E-state index contributed by atoms with van der Waals surface area (Å²) in [6.07, 6.45) is 3.55. The molecule has 0 spiro atoms. The molecule has 1 heterocycles. The molecule has 0 saturated heterocycles. The van der Waals surface area contributed by atoms with E-state index >= 15 is 0 Å². The molecular weight excluding hydrogens is 208 g/mol. The zero-order chi connectivity index (χ0) is 11.3. The third-order valence-corrected chi connectivity index (χ3v) is 2.26. The lowest BCUT2D eigenvalue weighted by Gasteiger charge is -2.11. The predicted molar refractivity (Wildman–Crippen MR) is 65.7 cm³/mol. The third-order valence-electron chi connectivity index (χ3n) is 1.50. The van der Waals surface area contributed by atoms with E-state index in [-0.39, 0.29) is 4.75 Å². The molecule has 82 valence electrons. The molecule has 4 heteroatoms. The molecule has 1 aromatic heterocycles. The van der Waals surface area contributed by atoms with Crippen molar-refractivity contribution >= 4 is 18.2 Å². The van der Waals surface area contributed by atoms with Crippen LogP contribution >= 0.6 is 11.9 Å². The summed E-state index contributed by atoms with van der Waals surface area (Å²) in [5.74, 6) is 0.621. The molecule has 0 aliphatic carbocycles. The number of methoxy groups -OCH3 is 1. The van der Waals surface area contributed by atoms with Crippen LogP contribution in [0, 0.1) is 0 Å². The summed E-state index contributed by atoms with van der Waals surface area (Å²) in [5.41, 5.74) is 0.979. The Balaban J connectivity index is 2.57. The summed E-state index contributed by atoms with van der Waals surface area (Å²) < 4.78 is 9.40. The standard InChI is InChI=1S/C11H16N2OS/c1-11(2,3)15-13-8-9-5-6-10(14-4)12-7-9/h5-8H,1-4H3/b13-8+. The largest absolute Gasteiger partial charge is 0.481 e. The molecule has 0 fully saturated rings. The van der Waals surface area contributed by atoms with Crippen LogP contribution < -0.4 is 4.74 Å². The van der Waals surface area contributed by atoms with Crippen LogP contribution in [-0.2, 0) is 0 Å². The Morgan fingerprint density at radius 1 is 1.40 bits per heavy atom. The van der Waals surface area contributed by atoms with Crippen molar-refractivity contribution in [2.75, 3.05) is 7.11 Å². The van der Waals surface area contributed by atoms with Gasteiger partial charge in [-0.1, -0.05) is 0 Å². The van der Waals surface area contributed by atoms with E-state index in [1.807, 2.05) is 18.3 Å². The van der Waals surface area contributed by atoms with Gasteiger partial charge in [-0.15, -0.1) is 0 Å². The smallest absolute Gasteiger partial charge is 0.212 e. The van der Waals surface area contributed by atoms with Crippen LogP contribution in [0.25, 0.3) is 0 Å². The number of pyridine rings is 1. The fourth-order valence-electron chi connectivity index (χ4n) is 0.834. The van der Waals surface area contributed by atoms with E-state index in [9.17, 15) is 0 Å². The first-order chi connectivity index (χ1) is 7.01. The molecule has 0 bridgehead atoms. The van der Waals surface area contributed by atoms with Gasteiger partial charge in [0.2, 0.25) is 5.88 Å². The fourth-order valence-corrected chi connectivity index (χ4v) is 1.32. The minimum absolute atomic E-state index is 0.149. The monoisotopic (exact) mass is 224 g/mol. The zero-order valence-electron chi connectivity index (χ0n) is 9.52. The van der Waals surface area contributed by atoms with E-state index in [1.54, 1.807) is 25.3 Å². The molecule has 0 aliphatic heterocycles. The number of nitrogens with zero attached hydrogens (tertiary/aromatic N) is 2. The van der Waals surface area contributed by atoms with E-state index in [0.717, 1.165) is 5.56 Å². The van der Waals surface area contributed by atoms with Gasteiger partial charge in [-0.05, 0) is 38.8 Å². The van der Waals surface area contributed by atoms with Crippen molar-refractivity contribution in [2.45, 2.75) is 25.5 Å². The quantitative estimate of drug-likeness (QED) is 0.585. The molecule has 0 amide bonds. The summed E-state index contributed by atoms with van der Waals surface area (Å²) in [6, 6.07) is 3.75. The highest BCUT2D eigenvalue weighted by Crippen LogP contribution is 2.23. The molecule has 0 aliphatic rings. The topological polar surface area (TPSA) is 34.5 Å². The van der Waals surface area contributed by atoms with Crippen LogP contribution in [0.2, 0.25) is 0 Å². The first-order valence-electron chi connectivity index (χ1n) is 4.73. The van der Waals surface area contributed by atoms with Crippen LogP contribution in [0.1, 0.15) is 26.3 Å². The van der Waals surface area contributed by atoms with Crippen molar-refractivity contribution in [1.82, 2.24) is 4.98 Å². The first-order valence-corrected chi connectivity index (χ1v) is 5.50. The van der Waals surface area contributed by atoms with E-state index in [1.165, 1.54) is 0 Å². The van der Waals surface area contributed by atoms with Crippen molar-refractivity contribution in [2.24, 2.45) is 4.40 Å². The minimum Gasteiger partial charge on any atom is -0.481 e. The Hall–Kier alpha value is -1.03. The molecule has 0 aromatic carbocycles. The molecule has 1 rings (SSSR count). The maximum atomic E-state index is 4.97.